The van der Waals surface area contributed by atoms with Gasteiger partial charge in [0, 0.05) is 28.1 Å². The van der Waals surface area contributed by atoms with Crippen LogP contribution in [0.15, 0.2) is 18.2 Å². The van der Waals surface area contributed by atoms with Crippen molar-refractivity contribution in [1.29, 1.82) is 0 Å². The summed E-state index contributed by atoms with van der Waals surface area (Å²) in [6.45, 7) is 3.92. The highest BCUT2D eigenvalue weighted by molar-refractivity contribution is 6.33. The summed E-state index contributed by atoms with van der Waals surface area (Å²) in [6.07, 6.45) is 0.573. The first-order chi connectivity index (χ1) is 7.36. The van der Waals surface area contributed by atoms with Crippen LogP contribution in [0.4, 0.5) is 0 Å². The maximum Gasteiger partial charge on any atom is 0.0442 e. The monoisotopic (exact) mass is 261 g/mol. The van der Waals surface area contributed by atoms with Crippen molar-refractivity contribution in [1.82, 2.24) is 0 Å². The molecule has 0 aliphatic rings. The molecule has 0 amide bonds. The van der Waals surface area contributed by atoms with Gasteiger partial charge < -0.3 is 10.8 Å². The van der Waals surface area contributed by atoms with Crippen LogP contribution in [0.2, 0.25) is 10.0 Å². The molecular weight excluding hydrogens is 245 g/mol. The van der Waals surface area contributed by atoms with Crippen molar-refractivity contribution >= 4 is 23.2 Å². The van der Waals surface area contributed by atoms with E-state index in [-0.39, 0.29) is 12.5 Å². The third kappa shape index (κ3) is 3.36. The Morgan fingerprint density at radius 3 is 2.50 bits per heavy atom. The lowest BCUT2D eigenvalue weighted by molar-refractivity contribution is 0.250. The van der Waals surface area contributed by atoms with Crippen molar-refractivity contribution in [2.24, 2.45) is 5.73 Å². The average Bonchev–Trinajstić information content (AvgIpc) is 2.17. The van der Waals surface area contributed by atoms with Crippen LogP contribution in [0.5, 0.6) is 0 Å². The molecule has 0 saturated carbocycles. The van der Waals surface area contributed by atoms with Crippen molar-refractivity contribution < 1.29 is 5.11 Å². The second-order valence-electron chi connectivity index (χ2n) is 4.55. The predicted octanol–water partition coefficient (Wildman–Crippen LogP) is 3.20. The second-order valence-corrected chi connectivity index (χ2v) is 5.40. The van der Waals surface area contributed by atoms with E-state index in [1.165, 1.54) is 0 Å². The molecule has 1 aromatic rings. The Hall–Kier alpha value is -0.280. The Morgan fingerprint density at radius 1 is 1.38 bits per heavy atom. The minimum atomic E-state index is -0.447. The average molecular weight is 262 g/mol. The number of hydrogen-bond donors (Lipinski definition) is 2. The number of halogens is 2. The first kappa shape index (κ1) is 13.8. The molecule has 1 aromatic carbocycles. The highest BCUT2D eigenvalue weighted by atomic mass is 35.5. The Bertz CT molecular complexity index is 361. The Labute approximate surface area is 106 Å². The number of rotatable bonds is 4. The van der Waals surface area contributed by atoms with Gasteiger partial charge in [0.2, 0.25) is 0 Å². The summed E-state index contributed by atoms with van der Waals surface area (Å²) in [5, 5.41) is 10.4. The molecule has 0 bridgehead atoms. The summed E-state index contributed by atoms with van der Waals surface area (Å²) in [4.78, 5) is 0. The van der Waals surface area contributed by atoms with E-state index < -0.39 is 5.54 Å². The molecule has 0 aliphatic heterocycles. The Balaban J connectivity index is 3.15. The lowest BCUT2D eigenvalue weighted by Gasteiger charge is -2.31. The number of benzene rings is 1. The molecule has 0 aliphatic carbocycles. The van der Waals surface area contributed by atoms with E-state index in [0.717, 1.165) is 5.56 Å². The topological polar surface area (TPSA) is 46.2 Å². The molecular formula is C12H17Cl2NO. The highest BCUT2D eigenvalue weighted by Gasteiger charge is 2.28. The molecule has 0 spiro atoms. The van der Waals surface area contributed by atoms with Crippen LogP contribution in [0.3, 0.4) is 0 Å². The molecule has 1 unspecified atom stereocenters. The van der Waals surface area contributed by atoms with Gasteiger partial charge in [-0.05, 0) is 44.0 Å². The summed E-state index contributed by atoms with van der Waals surface area (Å²) < 4.78 is 0. The van der Waals surface area contributed by atoms with E-state index in [2.05, 4.69) is 0 Å². The van der Waals surface area contributed by atoms with Crippen molar-refractivity contribution in [2.45, 2.75) is 31.7 Å². The van der Waals surface area contributed by atoms with E-state index in [1.54, 1.807) is 12.1 Å². The lowest BCUT2D eigenvalue weighted by atomic mass is 9.80. The van der Waals surface area contributed by atoms with Gasteiger partial charge in [-0.3, -0.25) is 0 Å². The molecule has 0 aromatic heterocycles. The van der Waals surface area contributed by atoms with Crippen molar-refractivity contribution in [3.05, 3.63) is 33.8 Å². The summed E-state index contributed by atoms with van der Waals surface area (Å²) in [7, 11) is 0. The van der Waals surface area contributed by atoms with Gasteiger partial charge in [0.1, 0.15) is 0 Å². The first-order valence-corrected chi connectivity index (χ1v) is 5.96. The second kappa shape index (κ2) is 5.37. The minimum Gasteiger partial charge on any atom is -0.396 e. The molecule has 2 nitrogen and oxygen atoms in total. The molecule has 0 heterocycles. The van der Waals surface area contributed by atoms with Gasteiger partial charge in [0.05, 0.1) is 0 Å². The van der Waals surface area contributed by atoms with Gasteiger partial charge in [-0.2, -0.15) is 0 Å². The molecule has 90 valence electrons. The molecule has 0 fully saturated rings. The van der Waals surface area contributed by atoms with Crippen LogP contribution in [-0.4, -0.2) is 17.3 Å². The standard InChI is InChI=1S/C12H17Cl2NO/c1-12(2,15)10(5-6-16)9-7-8(13)3-4-11(9)14/h3-4,7,10,16H,5-6,15H2,1-2H3. The number of nitrogens with two attached hydrogens (primary N) is 1. The van der Waals surface area contributed by atoms with E-state index in [9.17, 15) is 0 Å². The molecule has 3 N–H and O–H groups in total. The maximum absolute atomic E-state index is 9.09. The summed E-state index contributed by atoms with van der Waals surface area (Å²) in [5.74, 6) is -0.0105. The molecule has 16 heavy (non-hydrogen) atoms. The van der Waals surface area contributed by atoms with Crippen LogP contribution in [0.1, 0.15) is 31.7 Å². The lowest BCUT2D eigenvalue weighted by Crippen LogP contribution is -2.39. The summed E-state index contributed by atoms with van der Waals surface area (Å²) in [6, 6.07) is 5.32. The zero-order valence-corrected chi connectivity index (χ0v) is 11.0. The van der Waals surface area contributed by atoms with Crippen molar-refractivity contribution in [3.63, 3.8) is 0 Å². The number of aliphatic hydroxyl groups excluding tert-OH is 1. The molecule has 1 atom stereocenters. The van der Waals surface area contributed by atoms with Crippen molar-refractivity contribution in [2.75, 3.05) is 6.61 Å². The van der Waals surface area contributed by atoms with Crippen molar-refractivity contribution in [3.8, 4) is 0 Å². The predicted molar refractivity (Wildman–Crippen MR) is 69.2 cm³/mol. The van der Waals surface area contributed by atoms with Gasteiger partial charge in [0.15, 0.2) is 0 Å². The number of hydrogen-bond acceptors (Lipinski definition) is 2. The summed E-state index contributed by atoms with van der Waals surface area (Å²) >= 11 is 12.1. The smallest absolute Gasteiger partial charge is 0.0442 e. The fourth-order valence-electron chi connectivity index (χ4n) is 1.84. The fourth-order valence-corrected chi connectivity index (χ4v) is 2.27. The first-order valence-electron chi connectivity index (χ1n) is 5.21. The van der Waals surface area contributed by atoms with Gasteiger partial charge in [-0.15, -0.1) is 0 Å². The zero-order chi connectivity index (χ0) is 12.3. The third-order valence-electron chi connectivity index (χ3n) is 2.65. The van der Waals surface area contributed by atoms with Crippen LogP contribution in [0.25, 0.3) is 0 Å². The molecule has 0 saturated heterocycles. The largest absolute Gasteiger partial charge is 0.396 e. The van der Waals surface area contributed by atoms with E-state index in [0.29, 0.717) is 16.5 Å². The highest BCUT2D eigenvalue weighted by Crippen LogP contribution is 2.35. The van der Waals surface area contributed by atoms with Crippen LogP contribution < -0.4 is 5.73 Å². The quantitative estimate of drug-likeness (QED) is 0.875. The van der Waals surface area contributed by atoms with E-state index >= 15 is 0 Å². The SMILES string of the molecule is CC(C)(N)C(CCO)c1cc(Cl)ccc1Cl. The minimum absolute atomic E-state index is 0.0105. The van der Waals surface area contributed by atoms with Gasteiger partial charge in [-0.25, -0.2) is 0 Å². The maximum atomic E-state index is 9.09. The van der Waals surface area contributed by atoms with E-state index in [4.69, 9.17) is 34.0 Å². The number of aliphatic hydroxyl groups is 1. The normalized spacial score (nSPS) is 13.9. The Morgan fingerprint density at radius 2 is 2.00 bits per heavy atom. The van der Waals surface area contributed by atoms with Crippen LogP contribution >= 0.6 is 23.2 Å². The zero-order valence-electron chi connectivity index (χ0n) is 9.50. The molecule has 4 heteroatoms. The van der Waals surface area contributed by atoms with Crippen LogP contribution in [0, 0.1) is 0 Å². The summed E-state index contributed by atoms with van der Waals surface area (Å²) in [5.41, 5.74) is 6.56. The van der Waals surface area contributed by atoms with Gasteiger partial charge in [-0.1, -0.05) is 23.2 Å². The van der Waals surface area contributed by atoms with Crippen LogP contribution in [-0.2, 0) is 0 Å². The molecule has 1 rings (SSSR count). The third-order valence-corrected chi connectivity index (χ3v) is 3.23. The molecule has 0 radical (unpaired) electrons. The van der Waals surface area contributed by atoms with Gasteiger partial charge >= 0.3 is 0 Å². The van der Waals surface area contributed by atoms with E-state index in [1.807, 2.05) is 19.9 Å². The fraction of sp³-hybridized carbons (Fsp3) is 0.500. The Kier molecular flexibility index (Phi) is 4.62. The van der Waals surface area contributed by atoms with Gasteiger partial charge in [0.25, 0.3) is 0 Å².